The van der Waals surface area contributed by atoms with Crippen molar-refractivity contribution < 1.29 is 8.42 Å². The smallest absolute Gasteiger partial charge is 0.247 e. The van der Waals surface area contributed by atoms with E-state index in [1.54, 1.807) is 0 Å². The summed E-state index contributed by atoms with van der Waals surface area (Å²) in [5.74, 6) is 0. The van der Waals surface area contributed by atoms with E-state index in [0.29, 0.717) is 13.1 Å². The van der Waals surface area contributed by atoms with Gasteiger partial charge in [0.25, 0.3) is 0 Å². The predicted molar refractivity (Wildman–Crippen MR) is 75.6 cm³/mol. The van der Waals surface area contributed by atoms with Crippen molar-refractivity contribution in [3.63, 3.8) is 0 Å². The number of hydrogen-bond acceptors (Lipinski definition) is 3. The molecule has 0 saturated heterocycles. The third kappa shape index (κ3) is 4.47. The summed E-state index contributed by atoms with van der Waals surface area (Å²) in [7, 11) is -3.50. The number of aromatic amines is 1. The van der Waals surface area contributed by atoms with Gasteiger partial charge >= 0.3 is 0 Å². The van der Waals surface area contributed by atoms with Gasteiger partial charge < -0.3 is 4.98 Å². The van der Waals surface area contributed by atoms with E-state index in [1.807, 2.05) is 13.8 Å². The summed E-state index contributed by atoms with van der Waals surface area (Å²) in [6.45, 7) is 5.12. The molecule has 0 atom stereocenters. The predicted octanol–water partition coefficient (Wildman–Crippen LogP) is 1.97. The SMILES string of the molecule is CCCCN(CCCC)S(=O)(=O)c1ccc(=O)[nH]c1. The molecule has 1 aromatic heterocycles. The lowest BCUT2D eigenvalue weighted by Crippen LogP contribution is -2.33. The second-order valence-corrected chi connectivity index (χ2v) is 6.44. The molecule has 0 amide bonds. The minimum Gasteiger partial charge on any atom is -0.328 e. The number of unbranched alkanes of at least 4 members (excludes halogenated alkanes) is 2. The van der Waals surface area contributed by atoms with Gasteiger partial charge in [0.1, 0.15) is 0 Å². The Morgan fingerprint density at radius 1 is 1.11 bits per heavy atom. The molecule has 0 bridgehead atoms. The van der Waals surface area contributed by atoms with E-state index < -0.39 is 10.0 Å². The van der Waals surface area contributed by atoms with Crippen LogP contribution in [0.5, 0.6) is 0 Å². The average Bonchev–Trinajstić information content (AvgIpc) is 2.39. The number of hydrogen-bond donors (Lipinski definition) is 1. The van der Waals surface area contributed by atoms with E-state index in [-0.39, 0.29) is 10.5 Å². The third-order valence-corrected chi connectivity index (χ3v) is 4.81. The summed E-state index contributed by atoms with van der Waals surface area (Å²) >= 11 is 0. The lowest BCUT2D eigenvalue weighted by molar-refractivity contribution is 0.395. The molecule has 0 radical (unpaired) electrons. The highest BCUT2D eigenvalue weighted by Crippen LogP contribution is 2.15. The minimum absolute atomic E-state index is 0.152. The van der Waals surface area contributed by atoms with Crippen LogP contribution in [-0.2, 0) is 10.0 Å². The number of H-pyrrole nitrogens is 1. The van der Waals surface area contributed by atoms with E-state index in [4.69, 9.17) is 0 Å². The molecule has 1 N–H and O–H groups in total. The lowest BCUT2D eigenvalue weighted by atomic mass is 10.3. The molecular formula is C13H22N2O3S. The Morgan fingerprint density at radius 2 is 1.68 bits per heavy atom. The first-order chi connectivity index (χ1) is 9.02. The Bertz CT molecular complexity index is 509. The zero-order valence-corrected chi connectivity index (χ0v) is 12.4. The van der Waals surface area contributed by atoms with Gasteiger partial charge in [-0.25, -0.2) is 8.42 Å². The maximum Gasteiger partial charge on any atom is 0.247 e. The third-order valence-electron chi connectivity index (χ3n) is 2.92. The van der Waals surface area contributed by atoms with Gasteiger partial charge in [-0.2, -0.15) is 4.31 Å². The summed E-state index contributed by atoms with van der Waals surface area (Å²) in [5, 5.41) is 0. The molecule has 0 unspecified atom stereocenters. The second-order valence-electron chi connectivity index (χ2n) is 4.50. The molecule has 0 aliphatic carbocycles. The fourth-order valence-corrected chi connectivity index (χ4v) is 3.21. The summed E-state index contributed by atoms with van der Waals surface area (Å²) in [6.07, 6.45) is 4.84. The van der Waals surface area contributed by atoms with Gasteiger partial charge in [0, 0.05) is 25.4 Å². The van der Waals surface area contributed by atoms with Crippen molar-refractivity contribution in [1.29, 1.82) is 0 Å². The van der Waals surface area contributed by atoms with Crippen LogP contribution in [0.4, 0.5) is 0 Å². The first-order valence-electron chi connectivity index (χ1n) is 6.71. The molecule has 1 aromatic rings. The number of nitrogens with one attached hydrogen (secondary N) is 1. The van der Waals surface area contributed by atoms with Gasteiger partial charge in [0.15, 0.2) is 0 Å². The fourth-order valence-electron chi connectivity index (χ4n) is 1.73. The van der Waals surface area contributed by atoms with Gasteiger partial charge in [-0.05, 0) is 18.9 Å². The van der Waals surface area contributed by atoms with E-state index in [1.165, 1.54) is 22.6 Å². The molecule has 1 heterocycles. The van der Waals surface area contributed by atoms with Crippen LogP contribution in [0.25, 0.3) is 0 Å². The standard InChI is InChI=1S/C13H22N2O3S/c1-3-5-9-15(10-6-4-2)19(17,18)12-7-8-13(16)14-11-12/h7-8,11H,3-6,9-10H2,1-2H3,(H,14,16). The number of nitrogens with zero attached hydrogens (tertiary/aromatic N) is 1. The largest absolute Gasteiger partial charge is 0.328 e. The molecule has 108 valence electrons. The highest BCUT2D eigenvalue weighted by atomic mass is 32.2. The Balaban J connectivity index is 2.96. The molecule has 0 fully saturated rings. The molecule has 0 spiro atoms. The Hall–Kier alpha value is -1.14. The van der Waals surface area contributed by atoms with Crippen LogP contribution in [0.1, 0.15) is 39.5 Å². The van der Waals surface area contributed by atoms with Crippen LogP contribution in [0.3, 0.4) is 0 Å². The van der Waals surface area contributed by atoms with E-state index in [9.17, 15) is 13.2 Å². The van der Waals surface area contributed by atoms with Crippen molar-refractivity contribution >= 4 is 10.0 Å². The molecule has 5 nitrogen and oxygen atoms in total. The summed E-state index contributed by atoms with van der Waals surface area (Å²) in [5.41, 5.74) is -0.299. The molecular weight excluding hydrogens is 264 g/mol. The van der Waals surface area contributed by atoms with Gasteiger partial charge in [-0.1, -0.05) is 26.7 Å². The van der Waals surface area contributed by atoms with E-state index >= 15 is 0 Å². The molecule has 0 aliphatic heterocycles. The summed E-state index contributed by atoms with van der Waals surface area (Å²) in [4.78, 5) is 13.6. The molecule has 0 saturated carbocycles. The van der Waals surface area contributed by atoms with Crippen molar-refractivity contribution in [3.05, 3.63) is 28.7 Å². The van der Waals surface area contributed by atoms with E-state index in [0.717, 1.165) is 25.7 Å². The zero-order chi connectivity index (χ0) is 14.3. The van der Waals surface area contributed by atoms with Crippen LogP contribution in [-0.4, -0.2) is 30.8 Å². The van der Waals surface area contributed by atoms with Gasteiger partial charge in [-0.3, -0.25) is 4.79 Å². The lowest BCUT2D eigenvalue weighted by Gasteiger charge is -2.21. The van der Waals surface area contributed by atoms with Gasteiger partial charge in [0.2, 0.25) is 15.6 Å². The van der Waals surface area contributed by atoms with Crippen LogP contribution >= 0.6 is 0 Å². The molecule has 1 rings (SSSR count). The number of sulfonamides is 1. The Morgan fingerprint density at radius 3 is 2.11 bits per heavy atom. The molecule has 6 heteroatoms. The first kappa shape index (κ1) is 15.9. The first-order valence-corrected chi connectivity index (χ1v) is 8.15. The van der Waals surface area contributed by atoms with Crippen LogP contribution < -0.4 is 5.56 Å². The van der Waals surface area contributed by atoms with Crippen molar-refractivity contribution in [2.75, 3.05) is 13.1 Å². The van der Waals surface area contributed by atoms with Crippen molar-refractivity contribution in [1.82, 2.24) is 9.29 Å². The van der Waals surface area contributed by atoms with Gasteiger partial charge in [-0.15, -0.1) is 0 Å². The Kier molecular flexibility index (Phi) is 6.24. The number of rotatable bonds is 8. The maximum absolute atomic E-state index is 12.5. The zero-order valence-electron chi connectivity index (χ0n) is 11.6. The topological polar surface area (TPSA) is 70.2 Å². The summed E-state index contributed by atoms with van der Waals surface area (Å²) < 4.78 is 26.4. The second kappa shape index (κ2) is 7.45. The average molecular weight is 286 g/mol. The highest BCUT2D eigenvalue weighted by molar-refractivity contribution is 7.89. The molecule has 0 aromatic carbocycles. The number of aromatic nitrogens is 1. The fraction of sp³-hybridized carbons (Fsp3) is 0.615. The van der Waals surface area contributed by atoms with Crippen molar-refractivity contribution in [2.45, 2.75) is 44.4 Å². The van der Waals surface area contributed by atoms with Crippen molar-refractivity contribution in [2.24, 2.45) is 0 Å². The number of pyridine rings is 1. The van der Waals surface area contributed by atoms with Crippen molar-refractivity contribution in [3.8, 4) is 0 Å². The minimum atomic E-state index is -3.50. The van der Waals surface area contributed by atoms with Crippen LogP contribution in [0.2, 0.25) is 0 Å². The van der Waals surface area contributed by atoms with Gasteiger partial charge in [0.05, 0.1) is 4.90 Å². The highest BCUT2D eigenvalue weighted by Gasteiger charge is 2.23. The van der Waals surface area contributed by atoms with Crippen LogP contribution in [0.15, 0.2) is 28.0 Å². The monoisotopic (exact) mass is 286 g/mol. The molecule has 0 aliphatic rings. The van der Waals surface area contributed by atoms with E-state index in [2.05, 4.69) is 4.98 Å². The quantitative estimate of drug-likeness (QED) is 0.794. The summed E-state index contributed by atoms with van der Waals surface area (Å²) in [6, 6.07) is 2.60. The Labute approximate surface area is 114 Å². The molecule has 19 heavy (non-hydrogen) atoms. The maximum atomic E-state index is 12.5. The normalized spacial score (nSPS) is 11.9. The van der Waals surface area contributed by atoms with Crippen LogP contribution in [0, 0.1) is 0 Å².